The summed E-state index contributed by atoms with van der Waals surface area (Å²) in [6.45, 7) is 10.9. The molecule has 0 aliphatic carbocycles. The van der Waals surface area contributed by atoms with Crippen LogP contribution in [0.25, 0.3) is 0 Å². The molecule has 1 heterocycles. The van der Waals surface area contributed by atoms with Crippen LogP contribution in [0.3, 0.4) is 0 Å². The van der Waals surface area contributed by atoms with E-state index in [1.54, 1.807) is 0 Å². The van der Waals surface area contributed by atoms with Crippen molar-refractivity contribution in [1.82, 2.24) is 0 Å². The molecule has 4 atom stereocenters. The summed E-state index contributed by atoms with van der Waals surface area (Å²) in [4.78, 5) is 22.4. The van der Waals surface area contributed by atoms with Crippen molar-refractivity contribution in [3.63, 3.8) is 0 Å². The molecular weight excluding hydrogens is 316 g/mol. The summed E-state index contributed by atoms with van der Waals surface area (Å²) < 4.78 is 0. The fraction of sp³-hybridized carbons (Fsp3) is 0.857. The van der Waals surface area contributed by atoms with E-state index in [0.29, 0.717) is 0 Å². The molecule has 1 fully saturated rings. The van der Waals surface area contributed by atoms with Crippen molar-refractivity contribution in [3.05, 3.63) is 11.6 Å². The molecule has 0 aromatic carbocycles. The fourth-order valence-electron chi connectivity index (χ4n) is 3.92. The van der Waals surface area contributed by atoms with E-state index < -0.39 is 11.6 Å². The van der Waals surface area contributed by atoms with Crippen molar-refractivity contribution in [2.24, 2.45) is 11.8 Å². The summed E-state index contributed by atoms with van der Waals surface area (Å²) in [7, 11) is 0. The van der Waals surface area contributed by atoms with Crippen molar-refractivity contribution in [1.29, 1.82) is 0 Å². The smallest absolute Gasteiger partial charge is 0.306 e. The van der Waals surface area contributed by atoms with Gasteiger partial charge in [-0.05, 0) is 38.0 Å². The largest absolute Gasteiger partial charge is 0.481 e. The maximum absolute atomic E-state index is 11.0. The molecule has 0 amide bonds. The average Bonchev–Trinajstić information content (AvgIpc) is 2.59. The SMILES string of the molecule is CCCCC(CC)C/C(C)=C/[C@@]1(CC)C[C@@H](CC)[C@@H](CC(=O)O)OO1. The molecule has 0 aromatic rings. The number of aliphatic carboxylic acids is 1. The third kappa shape index (κ3) is 7.10. The lowest BCUT2D eigenvalue weighted by Gasteiger charge is -2.41. The fourth-order valence-corrected chi connectivity index (χ4v) is 3.92. The zero-order chi connectivity index (χ0) is 18.9. The summed E-state index contributed by atoms with van der Waals surface area (Å²) in [5.41, 5.74) is 0.947. The van der Waals surface area contributed by atoms with Crippen LogP contribution in [0, 0.1) is 11.8 Å². The maximum atomic E-state index is 11.0. The number of hydrogen-bond donors (Lipinski definition) is 1. The van der Waals surface area contributed by atoms with Crippen LogP contribution < -0.4 is 0 Å². The van der Waals surface area contributed by atoms with Gasteiger partial charge in [-0.3, -0.25) is 4.79 Å². The first-order chi connectivity index (χ1) is 11.9. The predicted molar refractivity (Wildman–Crippen MR) is 101 cm³/mol. The number of unbranched alkanes of at least 4 members (excludes halogenated alkanes) is 1. The second kappa shape index (κ2) is 11.0. The van der Waals surface area contributed by atoms with Gasteiger partial charge in [-0.15, -0.1) is 0 Å². The van der Waals surface area contributed by atoms with Gasteiger partial charge in [-0.2, -0.15) is 0 Å². The quantitative estimate of drug-likeness (QED) is 0.370. The van der Waals surface area contributed by atoms with Crippen molar-refractivity contribution in [2.75, 3.05) is 0 Å². The topological polar surface area (TPSA) is 55.8 Å². The Morgan fingerprint density at radius 1 is 1.32 bits per heavy atom. The van der Waals surface area contributed by atoms with Crippen LogP contribution in [-0.4, -0.2) is 22.8 Å². The summed E-state index contributed by atoms with van der Waals surface area (Å²) in [5.74, 6) is 0.122. The molecule has 1 saturated heterocycles. The number of carboxylic acid groups (broad SMARTS) is 1. The molecule has 1 N–H and O–H groups in total. The Labute approximate surface area is 153 Å². The zero-order valence-corrected chi connectivity index (χ0v) is 16.8. The maximum Gasteiger partial charge on any atom is 0.306 e. The van der Waals surface area contributed by atoms with Gasteiger partial charge in [0.05, 0.1) is 6.42 Å². The van der Waals surface area contributed by atoms with Gasteiger partial charge in [0.15, 0.2) is 0 Å². The molecule has 1 aliphatic rings. The van der Waals surface area contributed by atoms with Crippen molar-refractivity contribution < 1.29 is 19.7 Å². The highest BCUT2D eigenvalue weighted by Gasteiger charge is 2.41. The Bertz CT molecular complexity index is 432. The van der Waals surface area contributed by atoms with Crippen molar-refractivity contribution in [2.45, 2.75) is 104 Å². The molecule has 146 valence electrons. The van der Waals surface area contributed by atoms with Gasteiger partial charge in [0.2, 0.25) is 0 Å². The van der Waals surface area contributed by atoms with Crippen LogP contribution in [-0.2, 0) is 14.6 Å². The summed E-state index contributed by atoms with van der Waals surface area (Å²) in [6.07, 6.45) is 10.6. The van der Waals surface area contributed by atoms with Crippen LogP contribution in [0.5, 0.6) is 0 Å². The van der Waals surface area contributed by atoms with E-state index >= 15 is 0 Å². The monoisotopic (exact) mass is 354 g/mol. The molecule has 0 aromatic heterocycles. The Kier molecular flexibility index (Phi) is 9.73. The first-order valence-corrected chi connectivity index (χ1v) is 10.1. The molecular formula is C21H38O4. The predicted octanol–water partition coefficient (Wildman–Crippen LogP) is 5.91. The van der Waals surface area contributed by atoms with Gasteiger partial charge in [0, 0.05) is 0 Å². The first kappa shape index (κ1) is 22.2. The molecule has 1 rings (SSSR count). The highest BCUT2D eigenvalue weighted by Crippen LogP contribution is 2.39. The van der Waals surface area contributed by atoms with Crippen LogP contribution in [0.2, 0.25) is 0 Å². The van der Waals surface area contributed by atoms with E-state index in [-0.39, 0.29) is 18.4 Å². The van der Waals surface area contributed by atoms with Gasteiger partial charge in [-0.25, -0.2) is 9.78 Å². The first-order valence-electron chi connectivity index (χ1n) is 10.1. The second-order valence-electron chi connectivity index (χ2n) is 7.72. The van der Waals surface area contributed by atoms with Gasteiger partial charge < -0.3 is 5.11 Å². The van der Waals surface area contributed by atoms with Crippen molar-refractivity contribution >= 4 is 5.97 Å². The average molecular weight is 355 g/mol. The third-order valence-corrected chi connectivity index (χ3v) is 5.63. The molecule has 4 heteroatoms. The van der Waals surface area contributed by atoms with Crippen molar-refractivity contribution in [3.8, 4) is 0 Å². The molecule has 25 heavy (non-hydrogen) atoms. The number of rotatable bonds is 11. The summed E-state index contributed by atoms with van der Waals surface area (Å²) in [6, 6.07) is 0. The molecule has 0 spiro atoms. The molecule has 1 aliphatic heterocycles. The summed E-state index contributed by atoms with van der Waals surface area (Å²) in [5, 5.41) is 9.06. The Balaban J connectivity index is 2.79. The van der Waals surface area contributed by atoms with E-state index in [1.807, 2.05) is 0 Å². The van der Waals surface area contributed by atoms with Crippen LogP contribution >= 0.6 is 0 Å². The third-order valence-electron chi connectivity index (χ3n) is 5.63. The van der Waals surface area contributed by atoms with E-state index in [4.69, 9.17) is 14.9 Å². The lowest BCUT2D eigenvalue weighted by molar-refractivity contribution is -0.409. The zero-order valence-electron chi connectivity index (χ0n) is 16.8. The Morgan fingerprint density at radius 3 is 2.56 bits per heavy atom. The molecule has 4 nitrogen and oxygen atoms in total. The minimum Gasteiger partial charge on any atom is -0.481 e. The van der Waals surface area contributed by atoms with Crippen LogP contribution in [0.4, 0.5) is 0 Å². The van der Waals surface area contributed by atoms with Gasteiger partial charge >= 0.3 is 5.97 Å². The minimum atomic E-state index is -0.829. The van der Waals surface area contributed by atoms with Gasteiger partial charge in [0.1, 0.15) is 11.7 Å². The van der Waals surface area contributed by atoms with Gasteiger partial charge in [0.25, 0.3) is 0 Å². The minimum absolute atomic E-state index is 0.00985. The van der Waals surface area contributed by atoms with E-state index in [0.717, 1.165) is 31.6 Å². The van der Waals surface area contributed by atoms with Gasteiger partial charge in [-0.1, -0.05) is 71.4 Å². The lowest BCUT2D eigenvalue weighted by Crippen LogP contribution is -2.44. The standard InChI is InChI=1S/C21H38O4/c1-6-10-11-17(7-2)12-16(5)14-21(9-4)15-18(8-3)19(24-25-21)13-20(22)23/h14,17-19H,6-13,15H2,1-5H3,(H,22,23)/b16-14+/t17?,18-,19-,21+/m1/s1. The number of allylic oxidation sites excluding steroid dienone is 1. The Hall–Kier alpha value is -0.870. The van der Waals surface area contributed by atoms with Crippen LogP contribution in [0.1, 0.15) is 92.4 Å². The molecule has 0 saturated carbocycles. The van der Waals surface area contributed by atoms with Crippen LogP contribution in [0.15, 0.2) is 11.6 Å². The van der Waals surface area contributed by atoms with E-state index in [1.165, 1.54) is 31.3 Å². The highest BCUT2D eigenvalue weighted by atomic mass is 17.2. The number of carboxylic acids is 1. The number of carbonyl (C=O) groups is 1. The second-order valence-corrected chi connectivity index (χ2v) is 7.72. The number of hydrogen-bond acceptors (Lipinski definition) is 3. The lowest BCUT2D eigenvalue weighted by atomic mass is 9.80. The molecule has 0 bridgehead atoms. The Morgan fingerprint density at radius 2 is 2.04 bits per heavy atom. The van der Waals surface area contributed by atoms with E-state index in [2.05, 4.69) is 40.7 Å². The highest BCUT2D eigenvalue weighted by molar-refractivity contribution is 5.67. The molecule has 0 radical (unpaired) electrons. The normalized spacial score (nSPS) is 28.8. The van der Waals surface area contributed by atoms with E-state index in [9.17, 15) is 4.79 Å². The molecule has 1 unspecified atom stereocenters. The summed E-state index contributed by atoms with van der Waals surface area (Å²) >= 11 is 0.